The van der Waals surface area contributed by atoms with Crippen LogP contribution in [-0.2, 0) is 0 Å². The van der Waals surface area contributed by atoms with E-state index in [2.05, 4.69) is 41.5 Å². The molecule has 152 valence electrons. The fourth-order valence-corrected chi connectivity index (χ4v) is 6.80. The molecule has 0 spiro atoms. The van der Waals surface area contributed by atoms with Crippen molar-refractivity contribution in [2.75, 3.05) is 0 Å². The first-order valence-corrected chi connectivity index (χ1v) is 12.2. The topological polar surface area (TPSA) is 0 Å². The molecule has 4 rings (SSSR count). The summed E-state index contributed by atoms with van der Waals surface area (Å²) < 4.78 is 0. The van der Waals surface area contributed by atoms with Crippen LogP contribution in [0, 0.1) is 52.8 Å². The molecule has 0 radical (unpaired) electrons. The highest BCUT2D eigenvalue weighted by atomic mass is 14.5. The van der Waals surface area contributed by atoms with E-state index in [0.717, 1.165) is 47.3 Å². The van der Waals surface area contributed by atoms with Crippen molar-refractivity contribution in [2.45, 2.75) is 112 Å². The maximum Gasteiger partial charge on any atom is -0.0334 e. The predicted octanol–water partition coefficient (Wildman–Crippen LogP) is 8.35. The zero-order chi connectivity index (χ0) is 18.9. The molecule has 4 fully saturated rings. The fourth-order valence-electron chi connectivity index (χ4n) is 6.80. The Hall–Kier alpha value is 0. The van der Waals surface area contributed by atoms with Crippen LogP contribution in [0.2, 0.25) is 0 Å². The summed E-state index contributed by atoms with van der Waals surface area (Å²) in [6, 6.07) is 0. The minimum absolute atomic E-state index is 0.551. The summed E-state index contributed by atoms with van der Waals surface area (Å²) in [4.78, 5) is 0. The van der Waals surface area contributed by atoms with E-state index in [9.17, 15) is 0 Å². The third-order valence-corrected chi connectivity index (χ3v) is 8.79. The Kier molecular flexibility index (Phi) is 6.83. The van der Waals surface area contributed by atoms with Crippen molar-refractivity contribution in [3.63, 3.8) is 0 Å². The van der Waals surface area contributed by atoms with Gasteiger partial charge < -0.3 is 0 Å². The van der Waals surface area contributed by atoms with E-state index in [1.165, 1.54) is 44.9 Å². The summed E-state index contributed by atoms with van der Waals surface area (Å²) in [6.45, 7) is 14.5. The van der Waals surface area contributed by atoms with Crippen LogP contribution in [0.4, 0.5) is 0 Å². The molecule has 0 aliphatic heterocycles. The predicted molar refractivity (Wildman–Crippen MR) is 115 cm³/mol. The van der Waals surface area contributed by atoms with Crippen LogP contribution in [0.1, 0.15) is 112 Å². The molecule has 0 saturated heterocycles. The molecule has 0 amide bonds. The summed E-state index contributed by atoms with van der Waals surface area (Å²) in [5.41, 5.74) is 0.551. The summed E-state index contributed by atoms with van der Waals surface area (Å²) in [5.74, 6) is 8.51. The van der Waals surface area contributed by atoms with Gasteiger partial charge in [0, 0.05) is 0 Å². The molecule has 4 aliphatic rings. The Bertz CT molecular complexity index is 412. The zero-order valence-electron chi connectivity index (χ0n) is 18.9. The summed E-state index contributed by atoms with van der Waals surface area (Å²) in [7, 11) is 0. The van der Waals surface area contributed by atoms with E-state index in [0.29, 0.717) is 5.41 Å². The Balaban J connectivity index is 0.000000236. The van der Waals surface area contributed by atoms with Crippen molar-refractivity contribution in [3.8, 4) is 0 Å². The summed E-state index contributed by atoms with van der Waals surface area (Å²) in [6.07, 6.45) is 16.9. The standard InChI is InChI=1S/C19H34.C7H14/c1-13-8-14(9-13)10-15-11-16(12-15)17-6-5-7-18(17)19(2,3)4;1-6(2)7-4-3-5-7/h13-18H,5-12H2,1-4H3;6-7H,3-5H2,1-2H3. The molecule has 26 heavy (non-hydrogen) atoms. The third kappa shape index (κ3) is 5.08. The van der Waals surface area contributed by atoms with E-state index in [1.54, 1.807) is 25.7 Å². The van der Waals surface area contributed by atoms with Gasteiger partial charge in [-0.3, -0.25) is 0 Å². The molecule has 0 nitrogen and oxygen atoms in total. The Morgan fingerprint density at radius 1 is 0.808 bits per heavy atom. The first-order chi connectivity index (χ1) is 12.2. The van der Waals surface area contributed by atoms with Crippen LogP contribution < -0.4 is 0 Å². The molecule has 4 aliphatic carbocycles. The van der Waals surface area contributed by atoms with Gasteiger partial charge in [-0.05, 0) is 97.7 Å². The van der Waals surface area contributed by atoms with E-state index in [-0.39, 0.29) is 0 Å². The second kappa shape index (κ2) is 8.57. The number of hydrogen-bond acceptors (Lipinski definition) is 0. The molecule has 0 aromatic heterocycles. The van der Waals surface area contributed by atoms with Gasteiger partial charge in [0.2, 0.25) is 0 Å². The molecular weight excluding hydrogens is 312 g/mol. The quantitative estimate of drug-likeness (QED) is 0.472. The average Bonchev–Trinajstić information content (AvgIpc) is 2.86. The van der Waals surface area contributed by atoms with Crippen LogP contribution >= 0.6 is 0 Å². The number of hydrogen-bond donors (Lipinski definition) is 0. The minimum atomic E-state index is 0.551. The van der Waals surface area contributed by atoms with Gasteiger partial charge in [0.25, 0.3) is 0 Å². The lowest BCUT2D eigenvalue weighted by Crippen LogP contribution is -2.37. The van der Waals surface area contributed by atoms with E-state index >= 15 is 0 Å². The van der Waals surface area contributed by atoms with Gasteiger partial charge in [0.15, 0.2) is 0 Å². The third-order valence-electron chi connectivity index (χ3n) is 8.79. The summed E-state index contributed by atoms with van der Waals surface area (Å²) >= 11 is 0. The summed E-state index contributed by atoms with van der Waals surface area (Å²) in [5, 5.41) is 0. The van der Waals surface area contributed by atoms with Crippen molar-refractivity contribution >= 4 is 0 Å². The van der Waals surface area contributed by atoms with Crippen LogP contribution in [0.15, 0.2) is 0 Å². The van der Waals surface area contributed by atoms with Gasteiger partial charge in [0.05, 0.1) is 0 Å². The highest BCUT2D eigenvalue weighted by Gasteiger charge is 2.45. The number of rotatable bonds is 4. The Morgan fingerprint density at radius 2 is 1.38 bits per heavy atom. The molecule has 4 saturated carbocycles. The van der Waals surface area contributed by atoms with Crippen molar-refractivity contribution < 1.29 is 0 Å². The van der Waals surface area contributed by atoms with E-state index in [1.807, 2.05) is 0 Å². The molecular formula is C26H48. The van der Waals surface area contributed by atoms with Crippen molar-refractivity contribution in [1.29, 1.82) is 0 Å². The molecule has 0 heteroatoms. The van der Waals surface area contributed by atoms with Gasteiger partial charge in [0.1, 0.15) is 0 Å². The second-order valence-corrected chi connectivity index (χ2v) is 12.3. The monoisotopic (exact) mass is 360 g/mol. The van der Waals surface area contributed by atoms with Crippen molar-refractivity contribution in [3.05, 3.63) is 0 Å². The van der Waals surface area contributed by atoms with Gasteiger partial charge in [-0.25, -0.2) is 0 Å². The molecule has 0 aromatic rings. The van der Waals surface area contributed by atoms with Gasteiger partial charge in [-0.2, -0.15) is 0 Å². The zero-order valence-corrected chi connectivity index (χ0v) is 18.9. The van der Waals surface area contributed by atoms with Crippen LogP contribution in [0.3, 0.4) is 0 Å². The van der Waals surface area contributed by atoms with E-state index < -0.39 is 0 Å². The van der Waals surface area contributed by atoms with Crippen LogP contribution in [0.25, 0.3) is 0 Å². The SMILES string of the molecule is CC(C)C1CCC1.CC1CC(CC2CC(C3CCCC3C(C)(C)C)C2)C1. The molecule has 2 atom stereocenters. The van der Waals surface area contributed by atoms with Crippen molar-refractivity contribution in [2.24, 2.45) is 52.8 Å². The normalized spacial score (nSPS) is 40.3. The van der Waals surface area contributed by atoms with Crippen LogP contribution in [0.5, 0.6) is 0 Å². The highest BCUT2D eigenvalue weighted by Crippen LogP contribution is 2.55. The second-order valence-electron chi connectivity index (χ2n) is 12.3. The van der Waals surface area contributed by atoms with Gasteiger partial charge in [-0.15, -0.1) is 0 Å². The lowest BCUT2D eigenvalue weighted by molar-refractivity contribution is 0.0334. The molecule has 2 unspecified atom stereocenters. The smallest absolute Gasteiger partial charge is 0.0334 e. The maximum atomic E-state index is 2.47. The lowest BCUT2D eigenvalue weighted by atomic mass is 9.59. The van der Waals surface area contributed by atoms with Gasteiger partial charge >= 0.3 is 0 Å². The highest BCUT2D eigenvalue weighted by molar-refractivity contribution is 4.95. The molecule has 0 heterocycles. The maximum absolute atomic E-state index is 2.47. The fraction of sp³-hybridized carbons (Fsp3) is 1.00. The average molecular weight is 361 g/mol. The van der Waals surface area contributed by atoms with Crippen LogP contribution in [-0.4, -0.2) is 0 Å². The first kappa shape index (κ1) is 20.7. The van der Waals surface area contributed by atoms with Crippen molar-refractivity contribution in [1.82, 2.24) is 0 Å². The Morgan fingerprint density at radius 3 is 1.81 bits per heavy atom. The van der Waals surface area contributed by atoms with Gasteiger partial charge in [-0.1, -0.05) is 67.2 Å². The molecule has 0 bridgehead atoms. The molecule has 0 N–H and O–H groups in total. The minimum Gasteiger partial charge on any atom is -0.0625 e. The first-order valence-electron chi connectivity index (χ1n) is 12.2. The Labute approximate surface area is 165 Å². The molecule has 0 aromatic carbocycles. The van der Waals surface area contributed by atoms with E-state index in [4.69, 9.17) is 0 Å². The lowest BCUT2D eigenvalue weighted by Gasteiger charge is -2.47. The largest absolute Gasteiger partial charge is 0.0625 e.